The molecule has 30 heavy (non-hydrogen) atoms. The van der Waals surface area contributed by atoms with Crippen molar-refractivity contribution in [2.24, 2.45) is 0 Å². The monoisotopic (exact) mass is 426 g/mol. The number of ketones is 1. The lowest BCUT2D eigenvalue weighted by Crippen LogP contribution is -2.38. The van der Waals surface area contributed by atoms with E-state index in [-0.39, 0.29) is 5.78 Å². The Morgan fingerprint density at radius 3 is 2.43 bits per heavy atom. The van der Waals surface area contributed by atoms with E-state index in [0.717, 1.165) is 43.0 Å². The maximum Gasteiger partial charge on any atom is 0.228 e. The molecule has 2 aliphatic carbocycles. The number of hydrogen-bond donors (Lipinski definition) is 0. The fourth-order valence-corrected chi connectivity index (χ4v) is 5.48. The zero-order valence-corrected chi connectivity index (χ0v) is 18.3. The molecule has 3 aliphatic rings. The molecule has 0 N–H and O–H groups in total. The van der Waals surface area contributed by atoms with Crippen molar-refractivity contribution in [2.45, 2.75) is 62.1 Å². The van der Waals surface area contributed by atoms with Crippen molar-refractivity contribution in [1.29, 1.82) is 0 Å². The number of carbonyl (C=O) groups excluding carboxylic acids is 1. The first kappa shape index (κ1) is 20.1. The number of nitrogens with zero attached hydrogens (tertiary/aromatic N) is 4. The quantitative estimate of drug-likeness (QED) is 0.481. The van der Waals surface area contributed by atoms with Crippen molar-refractivity contribution in [3.05, 3.63) is 35.4 Å². The molecule has 3 fully saturated rings. The molecule has 0 spiro atoms. The van der Waals surface area contributed by atoms with Crippen LogP contribution in [0.3, 0.4) is 0 Å². The number of hydrogen-bond acceptors (Lipinski definition) is 6. The molecule has 0 atom stereocenters. The highest BCUT2D eigenvalue weighted by molar-refractivity contribution is 7.99. The molecule has 1 aliphatic heterocycles. The Kier molecular flexibility index (Phi) is 6.09. The van der Waals surface area contributed by atoms with Gasteiger partial charge in [0.25, 0.3) is 0 Å². The minimum atomic E-state index is 0.161. The van der Waals surface area contributed by atoms with Crippen molar-refractivity contribution in [3.63, 3.8) is 0 Å². The molecule has 2 aromatic rings. The van der Waals surface area contributed by atoms with Crippen molar-refractivity contribution in [3.8, 4) is 0 Å². The fraction of sp³-hybridized carbons (Fsp3) is 0.609. The molecule has 6 nitrogen and oxygen atoms in total. The summed E-state index contributed by atoms with van der Waals surface area (Å²) >= 11 is 1.52. The zero-order valence-electron chi connectivity index (χ0n) is 17.5. The van der Waals surface area contributed by atoms with E-state index in [1.54, 1.807) is 0 Å². The molecular weight excluding hydrogens is 396 g/mol. The van der Waals surface area contributed by atoms with Crippen molar-refractivity contribution >= 4 is 23.5 Å². The molecular formula is C23H30N4O2S. The van der Waals surface area contributed by atoms with Crippen LogP contribution in [-0.4, -0.2) is 52.6 Å². The normalized spacial score (nSPS) is 20.5. The maximum absolute atomic E-state index is 12.8. The predicted molar refractivity (Wildman–Crippen MR) is 119 cm³/mol. The lowest BCUT2D eigenvalue weighted by atomic mass is 9.84. The number of rotatable bonds is 7. The number of morpholine rings is 1. The molecule has 0 radical (unpaired) electrons. The molecule has 2 heterocycles. The summed E-state index contributed by atoms with van der Waals surface area (Å²) in [6.07, 6.45) is 8.92. The van der Waals surface area contributed by atoms with Crippen molar-refractivity contribution < 1.29 is 9.53 Å². The summed E-state index contributed by atoms with van der Waals surface area (Å²) in [6, 6.07) is 8.83. The Bertz CT molecular complexity index is 866. The fourth-order valence-electron chi connectivity index (χ4n) is 4.59. The van der Waals surface area contributed by atoms with Gasteiger partial charge < -0.3 is 9.64 Å². The Balaban J connectivity index is 1.23. The van der Waals surface area contributed by atoms with E-state index in [0.29, 0.717) is 17.7 Å². The number of aromatic nitrogens is 3. The Morgan fingerprint density at radius 2 is 1.73 bits per heavy atom. The number of carbonyl (C=O) groups is 1. The molecule has 1 aromatic heterocycles. The largest absolute Gasteiger partial charge is 0.378 e. The molecule has 0 unspecified atom stereocenters. The second kappa shape index (κ2) is 9.10. The second-order valence-electron chi connectivity index (χ2n) is 8.65. The van der Waals surface area contributed by atoms with Gasteiger partial charge in [-0.3, -0.25) is 9.36 Å². The summed E-state index contributed by atoms with van der Waals surface area (Å²) in [7, 11) is 0. The molecule has 7 heteroatoms. The van der Waals surface area contributed by atoms with E-state index in [2.05, 4.69) is 31.8 Å². The number of Topliss-reactive ketones (excluding diaryl/α,β-unsaturated/α-hetero) is 1. The molecule has 2 saturated carbocycles. The summed E-state index contributed by atoms with van der Waals surface area (Å²) in [6.45, 7) is 3.16. The first-order chi connectivity index (χ1) is 14.8. The van der Waals surface area contributed by atoms with Crippen LogP contribution in [0.25, 0.3) is 0 Å². The number of ether oxygens (including phenoxy) is 1. The van der Waals surface area contributed by atoms with E-state index in [4.69, 9.17) is 4.74 Å². The third-order valence-corrected chi connectivity index (χ3v) is 7.44. The lowest BCUT2D eigenvalue weighted by Gasteiger charge is -2.27. The predicted octanol–water partition coefficient (Wildman–Crippen LogP) is 4.47. The third kappa shape index (κ3) is 4.42. The van der Waals surface area contributed by atoms with Gasteiger partial charge in [0, 0.05) is 24.7 Å². The van der Waals surface area contributed by atoms with Gasteiger partial charge in [0.05, 0.1) is 19.0 Å². The Hall–Kier alpha value is -1.86. The highest BCUT2D eigenvalue weighted by atomic mass is 32.2. The van der Waals surface area contributed by atoms with Gasteiger partial charge in [0.1, 0.15) is 0 Å². The first-order valence-corrected chi connectivity index (χ1v) is 12.3. The van der Waals surface area contributed by atoms with Crippen LogP contribution >= 0.6 is 11.8 Å². The molecule has 1 saturated heterocycles. The van der Waals surface area contributed by atoms with Gasteiger partial charge in [-0.1, -0.05) is 55.3 Å². The first-order valence-electron chi connectivity index (χ1n) is 11.3. The van der Waals surface area contributed by atoms with E-state index in [1.165, 1.54) is 62.3 Å². The zero-order chi connectivity index (χ0) is 20.3. The molecule has 1 aromatic carbocycles. The van der Waals surface area contributed by atoms with Crippen LogP contribution in [-0.2, 0) is 4.74 Å². The van der Waals surface area contributed by atoms with Gasteiger partial charge in [0.15, 0.2) is 10.9 Å². The van der Waals surface area contributed by atoms with Crippen LogP contribution in [0.15, 0.2) is 29.4 Å². The van der Waals surface area contributed by atoms with Gasteiger partial charge in [0.2, 0.25) is 5.95 Å². The molecule has 0 bridgehead atoms. The van der Waals surface area contributed by atoms with Crippen LogP contribution in [0.5, 0.6) is 0 Å². The van der Waals surface area contributed by atoms with Gasteiger partial charge in [-0.15, -0.1) is 10.2 Å². The average molecular weight is 427 g/mol. The third-order valence-electron chi connectivity index (χ3n) is 6.49. The van der Waals surface area contributed by atoms with E-state index < -0.39 is 0 Å². The van der Waals surface area contributed by atoms with Crippen LogP contribution in [0.4, 0.5) is 5.95 Å². The topological polar surface area (TPSA) is 60.3 Å². The van der Waals surface area contributed by atoms with Gasteiger partial charge in [-0.05, 0) is 37.2 Å². The van der Waals surface area contributed by atoms with E-state index in [1.807, 2.05) is 12.1 Å². The minimum Gasteiger partial charge on any atom is -0.378 e. The highest BCUT2D eigenvalue weighted by Gasteiger charge is 2.32. The van der Waals surface area contributed by atoms with E-state index >= 15 is 0 Å². The summed E-state index contributed by atoms with van der Waals surface area (Å²) < 4.78 is 7.72. The van der Waals surface area contributed by atoms with Crippen LogP contribution in [0.1, 0.15) is 72.8 Å². The van der Waals surface area contributed by atoms with Crippen LogP contribution < -0.4 is 4.90 Å². The second-order valence-corrected chi connectivity index (χ2v) is 9.59. The maximum atomic E-state index is 12.8. The van der Waals surface area contributed by atoms with Gasteiger partial charge in [-0.2, -0.15) is 0 Å². The Morgan fingerprint density at radius 1 is 1.00 bits per heavy atom. The van der Waals surface area contributed by atoms with Crippen LogP contribution in [0.2, 0.25) is 0 Å². The molecule has 5 rings (SSSR count). The lowest BCUT2D eigenvalue weighted by molar-refractivity contribution is 0.102. The summed E-state index contributed by atoms with van der Waals surface area (Å²) in [5, 5.41) is 9.77. The highest BCUT2D eigenvalue weighted by Crippen LogP contribution is 2.41. The van der Waals surface area contributed by atoms with Gasteiger partial charge in [-0.25, -0.2) is 0 Å². The minimum absolute atomic E-state index is 0.161. The Labute approximate surface area is 182 Å². The SMILES string of the molecule is O=C(CSc1nnc(N2CCOCC2)n1C1CC1)c1ccc(C2CCCCC2)cc1. The molecule has 0 amide bonds. The number of benzene rings is 1. The molecule has 160 valence electrons. The number of anilines is 1. The standard InChI is InChI=1S/C23H30N4O2S/c28-21(19-8-6-18(7-9-19)17-4-2-1-3-5-17)16-30-23-25-24-22(27(23)20-10-11-20)26-12-14-29-15-13-26/h6-9,17,20H,1-5,10-16H2. The summed E-state index contributed by atoms with van der Waals surface area (Å²) in [5.41, 5.74) is 2.19. The smallest absolute Gasteiger partial charge is 0.228 e. The number of thioether (sulfide) groups is 1. The summed E-state index contributed by atoms with van der Waals surface area (Å²) in [4.78, 5) is 15.1. The van der Waals surface area contributed by atoms with E-state index in [9.17, 15) is 4.79 Å². The average Bonchev–Trinajstić information content (AvgIpc) is 3.57. The van der Waals surface area contributed by atoms with Crippen molar-refractivity contribution in [2.75, 3.05) is 37.0 Å². The summed E-state index contributed by atoms with van der Waals surface area (Å²) in [5.74, 6) is 2.17. The van der Waals surface area contributed by atoms with Crippen LogP contribution in [0, 0.1) is 0 Å². The van der Waals surface area contributed by atoms with Gasteiger partial charge >= 0.3 is 0 Å². The van der Waals surface area contributed by atoms with Crippen molar-refractivity contribution in [1.82, 2.24) is 14.8 Å².